The van der Waals surface area contributed by atoms with Crippen molar-refractivity contribution >= 4 is 64.1 Å². The molecule has 214 valence electrons. The van der Waals surface area contributed by atoms with Crippen LogP contribution in [0.1, 0.15) is 17.0 Å². The molecule has 5 rings (SSSR count). The smallest absolute Gasteiger partial charge is 0.326 e. The molecule has 3 amide bonds. The number of esters is 1. The van der Waals surface area contributed by atoms with Crippen molar-refractivity contribution in [2.45, 2.75) is 12.5 Å². The third kappa shape index (κ3) is 5.62. The van der Waals surface area contributed by atoms with Crippen LogP contribution in [-0.2, 0) is 20.9 Å². The van der Waals surface area contributed by atoms with E-state index in [-0.39, 0.29) is 25.5 Å². The number of halogens is 3. The molecule has 3 aromatic carbocycles. The lowest BCUT2D eigenvalue weighted by Crippen LogP contribution is -2.42. The third-order valence-electron chi connectivity index (χ3n) is 7.49. The second kappa shape index (κ2) is 11.9. The van der Waals surface area contributed by atoms with Crippen LogP contribution in [0, 0.1) is 5.92 Å². The lowest BCUT2D eigenvalue weighted by atomic mass is 9.84. The molecule has 1 fully saturated rings. The molecular formula is C30H29Cl3N4O4. The number of para-hydroxylation sites is 1. The number of nitrogens with one attached hydrogen (secondary N) is 1. The van der Waals surface area contributed by atoms with Crippen molar-refractivity contribution in [2.24, 2.45) is 5.92 Å². The summed E-state index contributed by atoms with van der Waals surface area (Å²) in [4.78, 5) is 44.4. The minimum Gasteiger partial charge on any atom is -0.469 e. The fraction of sp³-hybridized carbons (Fsp3) is 0.300. The summed E-state index contributed by atoms with van der Waals surface area (Å²) in [6.07, 6.45) is 0. The normalized spacial score (nSPS) is 18.4. The minimum absolute atomic E-state index is 0.0838. The molecule has 0 saturated carbocycles. The third-order valence-corrected chi connectivity index (χ3v) is 8.43. The van der Waals surface area contributed by atoms with Crippen molar-refractivity contribution in [3.8, 4) is 11.1 Å². The Hall–Kier alpha value is -3.30. The lowest BCUT2D eigenvalue weighted by molar-refractivity contribution is -0.145. The summed E-state index contributed by atoms with van der Waals surface area (Å²) in [6.45, 7) is 0.996. The molecule has 1 N–H and O–H groups in total. The maximum absolute atomic E-state index is 13.4. The number of carbonyl (C=O) groups excluding carboxylic acids is 3. The number of methoxy groups -OCH3 is 1. The molecule has 0 bridgehead atoms. The number of likely N-dealkylation sites (N-methyl/N-ethyl adjacent to an activating group) is 1. The van der Waals surface area contributed by atoms with Crippen LogP contribution in [0.25, 0.3) is 11.1 Å². The average Bonchev–Trinajstić information content (AvgIpc) is 3.39. The van der Waals surface area contributed by atoms with Gasteiger partial charge in [-0.15, -0.1) is 0 Å². The summed E-state index contributed by atoms with van der Waals surface area (Å²) in [6, 6.07) is 16.0. The maximum atomic E-state index is 13.4. The summed E-state index contributed by atoms with van der Waals surface area (Å²) >= 11 is 19.9. The standard InChI is InChI=1S/C30H29Cl3N4O4/c1-35(2)16-27(38)36-14-21(22(15-36)29(39)41-3)17-11-19(18-7-4-5-8-23(18)31)20-13-34-30(40)37(26(20)12-17)28-24(32)9-6-10-25(28)33/h4-12,21-22H,13-16H2,1-3H3,(H,34,40). The number of amides is 3. The molecule has 11 heteroatoms. The van der Waals surface area contributed by atoms with Gasteiger partial charge < -0.3 is 19.9 Å². The first-order valence-electron chi connectivity index (χ1n) is 13.0. The van der Waals surface area contributed by atoms with Gasteiger partial charge >= 0.3 is 12.0 Å². The average molecular weight is 616 g/mol. The Kier molecular flexibility index (Phi) is 8.47. The first kappa shape index (κ1) is 29.2. The van der Waals surface area contributed by atoms with Crippen LogP contribution in [0.15, 0.2) is 54.6 Å². The SMILES string of the molecule is COC(=O)C1CN(C(=O)CN(C)C)CC1c1cc(-c2ccccc2Cl)c2c(c1)N(c1c(Cl)cccc1Cl)C(=O)NC2. The molecule has 2 heterocycles. The molecule has 2 unspecified atom stereocenters. The predicted molar refractivity (Wildman–Crippen MR) is 161 cm³/mol. The van der Waals surface area contributed by atoms with Crippen LogP contribution < -0.4 is 10.2 Å². The second-order valence-corrected chi connectivity index (χ2v) is 11.6. The van der Waals surface area contributed by atoms with Gasteiger partial charge in [0.2, 0.25) is 5.91 Å². The van der Waals surface area contributed by atoms with E-state index in [1.165, 1.54) is 12.0 Å². The predicted octanol–water partition coefficient (Wildman–Crippen LogP) is 5.95. The Morgan fingerprint density at radius 2 is 1.66 bits per heavy atom. The molecule has 41 heavy (non-hydrogen) atoms. The van der Waals surface area contributed by atoms with Crippen LogP contribution in [0.2, 0.25) is 15.1 Å². The quantitative estimate of drug-likeness (QED) is 0.347. The van der Waals surface area contributed by atoms with Crippen LogP contribution in [-0.4, -0.2) is 68.5 Å². The van der Waals surface area contributed by atoms with Crippen molar-refractivity contribution in [1.82, 2.24) is 15.1 Å². The van der Waals surface area contributed by atoms with Crippen molar-refractivity contribution in [3.05, 3.63) is 80.8 Å². The van der Waals surface area contributed by atoms with E-state index in [0.29, 0.717) is 33.0 Å². The topological polar surface area (TPSA) is 82.2 Å². The fourth-order valence-electron chi connectivity index (χ4n) is 5.58. The minimum atomic E-state index is -0.599. The Bertz CT molecular complexity index is 1510. The van der Waals surface area contributed by atoms with Gasteiger partial charge in [0.25, 0.3) is 0 Å². The summed E-state index contributed by atoms with van der Waals surface area (Å²) in [5.74, 6) is -1.48. The van der Waals surface area contributed by atoms with E-state index in [1.807, 2.05) is 44.4 Å². The van der Waals surface area contributed by atoms with Crippen LogP contribution in [0.5, 0.6) is 0 Å². The van der Waals surface area contributed by atoms with Gasteiger partial charge in [0.1, 0.15) is 0 Å². The Balaban J connectivity index is 1.72. The lowest BCUT2D eigenvalue weighted by Gasteiger charge is -2.34. The largest absolute Gasteiger partial charge is 0.469 e. The van der Waals surface area contributed by atoms with Crippen LogP contribution in [0.3, 0.4) is 0 Å². The van der Waals surface area contributed by atoms with Crippen molar-refractivity contribution < 1.29 is 19.1 Å². The number of rotatable bonds is 6. The van der Waals surface area contributed by atoms with Gasteiger partial charge in [-0.25, -0.2) is 4.79 Å². The number of urea groups is 1. The highest BCUT2D eigenvalue weighted by Crippen LogP contribution is 2.47. The van der Waals surface area contributed by atoms with Crippen LogP contribution >= 0.6 is 34.8 Å². The molecule has 3 aromatic rings. The molecule has 0 spiro atoms. The van der Waals surface area contributed by atoms with Gasteiger partial charge in [0.15, 0.2) is 0 Å². The highest BCUT2D eigenvalue weighted by atomic mass is 35.5. The zero-order valence-electron chi connectivity index (χ0n) is 22.8. The maximum Gasteiger partial charge on any atom is 0.326 e. The first-order chi connectivity index (χ1) is 19.6. The Morgan fingerprint density at radius 1 is 0.976 bits per heavy atom. The molecule has 1 saturated heterocycles. The number of carbonyl (C=O) groups is 3. The fourth-order valence-corrected chi connectivity index (χ4v) is 6.38. The number of ether oxygens (including phenoxy) is 1. The van der Waals surface area contributed by atoms with E-state index >= 15 is 0 Å². The molecule has 8 nitrogen and oxygen atoms in total. The zero-order chi connectivity index (χ0) is 29.4. The second-order valence-electron chi connectivity index (χ2n) is 10.4. The number of anilines is 2. The summed E-state index contributed by atoms with van der Waals surface area (Å²) in [5.41, 5.74) is 4.04. The molecule has 0 aliphatic carbocycles. The summed E-state index contributed by atoms with van der Waals surface area (Å²) < 4.78 is 5.16. The molecular weight excluding hydrogens is 587 g/mol. The van der Waals surface area contributed by atoms with E-state index in [9.17, 15) is 14.4 Å². The molecule has 2 aliphatic rings. The van der Waals surface area contributed by atoms with E-state index < -0.39 is 23.8 Å². The molecule has 0 radical (unpaired) electrons. The molecule has 0 aromatic heterocycles. The number of fused-ring (bicyclic) bond motifs is 1. The van der Waals surface area contributed by atoms with E-state index in [1.54, 1.807) is 34.1 Å². The Morgan fingerprint density at radius 3 is 2.32 bits per heavy atom. The molecule has 2 atom stereocenters. The number of hydrogen-bond acceptors (Lipinski definition) is 5. The van der Waals surface area contributed by atoms with Crippen molar-refractivity contribution in [2.75, 3.05) is 45.7 Å². The van der Waals surface area contributed by atoms with Gasteiger partial charge in [-0.2, -0.15) is 0 Å². The summed E-state index contributed by atoms with van der Waals surface area (Å²) in [7, 11) is 4.99. The van der Waals surface area contributed by atoms with E-state index in [0.717, 1.165) is 22.3 Å². The number of nitrogens with zero attached hydrogens (tertiary/aromatic N) is 3. The van der Waals surface area contributed by atoms with Crippen molar-refractivity contribution in [1.29, 1.82) is 0 Å². The molecule has 2 aliphatic heterocycles. The summed E-state index contributed by atoms with van der Waals surface area (Å²) in [5, 5.41) is 4.07. The first-order valence-corrected chi connectivity index (χ1v) is 14.2. The highest BCUT2D eigenvalue weighted by molar-refractivity contribution is 6.40. The van der Waals surface area contributed by atoms with Gasteiger partial charge in [-0.3, -0.25) is 14.5 Å². The number of benzene rings is 3. The van der Waals surface area contributed by atoms with Gasteiger partial charge in [0.05, 0.1) is 41.0 Å². The van der Waals surface area contributed by atoms with Crippen molar-refractivity contribution in [3.63, 3.8) is 0 Å². The monoisotopic (exact) mass is 614 g/mol. The van der Waals surface area contributed by atoms with Gasteiger partial charge in [-0.05, 0) is 49.5 Å². The van der Waals surface area contributed by atoms with E-state index in [4.69, 9.17) is 39.5 Å². The highest BCUT2D eigenvalue weighted by Gasteiger charge is 2.42. The van der Waals surface area contributed by atoms with Gasteiger partial charge in [-0.1, -0.05) is 65.1 Å². The van der Waals surface area contributed by atoms with Gasteiger partial charge in [0, 0.05) is 41.7 Å². The number of likely N-dealkylation sites (tertiary alicyclic amines) is 1. The zero-order valence-corrected chi connectivity index (χ0v) is 25.1. The van der Waals surface area contributed by atoms with E-state index in [2.05, 4.69) is 5.32 Å². The number of hydrogen-bond donors (Lipinski definition) is 1. The van der Waals surface area contributed by atoms with Crippen LogP contribution in [0.4, 0.5) is 16.2 Å². The Labute approximate surface area is 253 Å².